The number of ether oxygens (including phenoxy) is 1. The molecule has 0 radical (unpaired) electrons. The van der Waals surface area contributed by atoms with Crippen molar-refractivity contribution in [2.75, 3.05) is 26.2 Å². The number of nitrogens with zero attached hydrogens (tertiary/aromatic N) is 2. The molecule has 4 rings (SSSR count). The quantitative estimate of drug-likeness (QED) is 0.279. The fraction of sp³-hybridized carbons (Fsp3) is 0.273. The molecule has 0 bridgehead atoms. The lowest BCUT2D eigenvalue weighted by atomic mass is 9.95. The molecule has 1 amide bonds. The number of rotatable bonds is 13. The highest BCUT2D eigenvalue weighted by Crippen LogP contribution is 2.39. The molecule has 0 saturated carbocycles. The minimum absolute atomic E-state index is 0.0928. The van der Waals surface area contributed by atoms with Gasteiger partial charge in [-0.1, -0.05) is 92.7 Å². The summed E-state index contributed by atoms with van der Waals surface area (Å²) >= 11 is 0. The Hall–Kier alpha value is -4.16. The maximum Gasteiger partial charge on any atom is 0.290 e. The number of carbonyl (C=O) groups is 2. The van der Waals surface area contributed by atoms with Crippen molar-refractivity contribution in [2.24, 2.45) is 0 Å². The molecule has 6 nitrogen and oxygen atoms in total. The van der Waals surface area contributed by atoms with Crippen molar-refractivity contribution in [3.05, 3.63) is 119 Å². The molecule has 0 saturated heterocycles. The number of allylic oxidation sites excluding steroid dienone is 1. The summed E-state index contributed by atoms with van der Waals surface area (Å²) in [6.07, 6.45) is 3.85. The summed E-state index contributed by atoms with van der Waals surface area (Å²) in [6, 6.07) is 26.1. The van der Waals surface area contributed by atoms with E-state index in [0.29, 0.717) is 18.9 Å². The lowest BCUT2D eigenvalue weighted by Crippen LogP contribution is -2.34. The van der Waals surface area contributed by atoms with Crippen LogP contribution >= 0.6 is 0 Å². The number of amides is 1. The predicted octanol–water partition coefficient (Wildman–Crippen LogP) is 5.98. The molecule has 202 valence electrons. The van der Waals surface area contributed by atoms with Gasteiger partial charge in [-0.3, -0.25) is 9.59 Å². The molecule has 1 N–H and O–H groups in total. The molecule has 1 unspecified atom stereocenters. The minimum atomic E-state index is -0.706. The normalized spacial score (nSPS) is 15.5. The average Bonchev–Trinajstić information content (AvgIpc) is 3.23. The SMILES string of the molecule is CCN(CC)CCCN1C(=O)C(O)=C(C(=O)/C=C/c2ccccc2)C1c1cccc(OCc2ccccc2)c1. The zero-order valence-electron chi connectivity index (χ0n) is 22.6. The monoisotopic (exact) mass is 524 g/mol. The molecular formula is C33H36N2O4. The smallest absolute Gasteiger partial charge is 0.290 e. The summed E-state index contributed by atoms with van der Waals surface area (Å²) in [5, 5.41) is 10.9. The Morgan fingerprint density at radius 2 is 1.67 bits per heavy atom. The van der Waals surface area contributed by atoms with E-state index in [1.54, 1.807) is 11.0 Å². The van der Waals surface area contributed by atoms with Crippen LogP contribution in [0.4, 0.5) is 0 Å². The van der Waals surface area contributed by atoms with Gasteiger partial charge >= 0.3 is 0 Å². The van der Waals surface area contributed by atoms with Crippen molar-refractivity contribution in [1.82, 2.24) is 9.80 Å². The second-order valence-electron chi connectivity index (χ2n) is 9.50. The number of hydrogen-bond donors (Lipinski definition) is 1. The van der Waals surface area contributed by atoms with Crippen LogP contribution in [-0.4, -0.2) is 52.8 Å². The van der Waals surface area contributed by atoms with Crippen LogP contribution < -0.4 is 4.74 Å². The van der Waals surface area contributed by atoms with E-state index < -0.39 is 23.5 Å². The van der Waals surface area contributed by atoms with Gasteiger partial charge in [0, 0.05) is 6.54 Å². The predicted molar refractivity (Wildman–Crippen MR) is 154 cm³/mol. The minimum Gasteiger partial charge on any atom is -0.503 e. The average molecular weight is 525 g/mol. The molecule has 1 aliphatic heterocycles. The fourth-order valence-electron chi connectivity index (χ4n) is 4.83. The molecule has 1 heterocycles. The number of aliphatic hydroxyl groups excluding tert-OH is 1. The molecule has 0 aliphatic carbocycles. The molecule has 3 aromatic carbocycles. The van der Waals surface area contributed by atoms with Crippen molar-refractivity contribution < 1.29 is 19.4 Å². The Labute approximate surface area is 230 Å². The zero-order valence-corrected chi connectivity index (χ0v) is 22.6. The van der Waals surface area contributed by atoms with Crippen LogP contribution in [0.3, 0.4) is 0 Å². The first-order chi connectivity index (χ1) is 19.0. The third-order valence-corrected chi connectivity index (χ3v) is 6.99. The van der Waals surface area contributed by atoms with Gasteiger partial charge in [-0.05, 0) is 61.0 Å². The van der Waals surface area contributed by atoms with Crippen molar-refractivity contribution in [3.8, 4) is 5.75 Å². The van der Waals surface area contributed by atoms with E-state index >= 15 is 0 Å². The molecule has 39 heavy (non-hydrogen) atoms. The van der Waals surface area contributed by atoms with Crippen molar-refractivity contribution >= 4 is 17.8 Å². The summed E-state index contributed by atoms with van der Waals surface area (Å²) in [5.41, 5.74) is 2.71. The molecule has 1 aliphatic rings. The number of hydrogen-bond acceptors (Lipinski definition) is 5. The van der Waals surface area contributed by atoms with Gasteiger partial charge < -0.3 is 19.6 Å². The second kappa shape index (κ2) is 13.6. The fourth-order valence-corrected chi connectivity index (χ4v) is 4.83. The highest BCUT2D eigenvalue weighted by atomic mass is 16.5. The van der Waals surface area contributed by atoms with E-state index in [1.807, 2.05) is 84.9 Å². The van der Waals surface area contributed by atoms with Gasteiger partial charge in [0.25, 0.3) is 5.91 Å². The Morgan fingerprint density at radius 1 is 0.974 bits per heavy atom. The molecule has 3 aromatic rings. The maximum atomic E-state index is 13.5. The lowest BCUT2D eigenvalue weighted by molar-refractivity contribution is -0.129. The second-order valence-corrected chi connectivity index (χ2v) is 9.50. The highest BCUT2D eigenvalue weighted by molar-refractivity contribution is 6.14. The summed E-state index contributed by atoms with van der Waals surface area (Å²) in [7, 11) is 0. The number of aliphatic hydroxyl groups is 1. The Morgan fingerprint density at radius 3 is 2.36 bits per heavy atom. The summed E-state index contributed by atoms with van der Waals surface area (Å²) < 4.78 is 6.04. The van der Waals surface area contributed by atoms with Gasteiger partial charge in [-0.25, -0.2) is 0 Å². The maximum absolute atomic E-state index is 13.5. The van der Waals surface area contributed by atoms with Crippen LogP contribution in [0.2, 0.25) is 0 Å². The first-order valence-electron chi connectivity index (χ1n) is 13.5. The standard InChI is InChI=1S/C33H36N2O4/c1-3-34(4-2)21-12-22-35-31(27-17-11-18-28(23-27)39-24-26-15-9-6-10-16-26)30(32(37)33(35)38)29(36)20-19-25-13-7-5-8-14-25/h5-11,13-20,23,31,37H,3-4,12,21-22,24H2,1-2H3/b20-19+. The van der Waals surface area contributed by atoms with Crippen LogP contribution in [0, 0.1) is 0 Å². The van der Waals surface area contributed by atoms with Crippen LogP contribution in [0.15, 0.2) is 102 Å². The van der Waals surface area contributed by atoms with E-state index in [-0.39, 0.29) is 5.57 Å². The molecule has 0 spiro atoms. The van der Waals surface area contributed by atoms with Gasteiger partial charge in [-0.2, -0.15) is 0 Å². The van der Waals surface area contributed by atoms with Crippen molar-refractivity contribution in [1.29, 1.82) is 0 Å². The van der Waals surface area contributed by atoms with Gasteiger partial charge in [0.2, 0.25) is 0 Å². The first-order valence-corrected chi connectivity index (χ1v) is 13.5. The lowest BCUT2D eigenvalue weighted by Gasteiger charge is -2.28. The van der Waals surface area contributed by atoms with Gasteiger partial charge in [0.05, 0.1) is 11.6 Å². The Balaban J connectivity index is 1.62. The zero-order chi connectivity index (χ0) is 27.6. The molecular weight excluding hydrogens is 488 g/mol. The van der Waals surface area contributed by atoms with E-state index in [0.717, 1.165) is 42.7 Å². The van der Waals surface area contributed by atoms with E-state index in [4.69, 9.17) is 4.74 Å². The molecule has 0 fully saturated rings. The number of benzene rings is 3. The van der Waals surface area contributed by atoms with E-state index in [1.165, 1.54) is 6.08 Å². The summed E-state index contributed by atoms with van der Waals surface area (Å²) in [6.45, 7) is 7.70. The van der Waals surface area contributed by atoms with E-state index in [2.05, 4.69) is 18.7 Å². The van der Waals surface area contributed by atoms with Gasteiger partial charge in [-0.15, -0.1) is 0 Å². The van der Waals surface area contributed by atoms with Gasteiger partial charge in [0.1, 0.15) is 12.4 Å². The van der Waals surface area contributed by atoms with Crippen LogP contribution in [-0.2, 0) is 16.2 Å². The van der Waals surface area contributed by atoms with Crippen LogP contribution in [0.25, 0.3) is 6.08 Å². The number of carbonyl (C=O) groups excluding carboxylic acids is 2. The summed E-state index contributed by atoms with van der Waals surface area (Å²) in [4.78, 5) is 30.6. The van der Waals surface area contributed by atoms with Gasteiger partial charge in [0.15, 0.2) is 11.5 Å². The molecule has 1 atom stereocenters. The number of ketones is 1. The Bertz CT molecular complexity index is 1310. The van der Waals surface area contributed by atoms with Crippen molar-refractivity contribution in [2.45, 2.75) is 32.9 Å². The van der Waals surface area contributed by atoms with Crippen LogP contribution in [0.5, 0.6) is 5.75 Å². The molecule has 0 aromatic heterocycles. The third kappa shape index (κ3) is 7.03. The van der Waals surface area contributed by atoms with Crippen molar-refractivity contribution in [3.63, 3.8) is 0 Å². The third-order valence-electron chi connectivity index (χ3n) is 6.99. The first kappa shape index (κ1) is 27.9. The Kier molecular flexibility index (Phi) is 9.70. The molecule has 6 heteroatoms. The topological polar surface area (TPSA) is 70.1 Å². The summed E-state index contributed by atoms with van der Waals surface area (Å²) in [5.74, 6) is -0.769. The van der Waals surface area contributed by atoms with E-state index in [9.17, 15) is 14.7 Å². The highest BCUT2D eigenvalue weighted by Gasteiger charge is 2.42. The largest absolute Gasteiger partial charge is 0.503 e. The van der Waals surface area contributed by atoms with Crippen LogP contribution in [0.1, 0.15) is 43.0 Å².